The van der Waals surface area contributed by atoms with Crippen molar-refractivity contribution in [3.63, 3.8) is 0 Å². The largest absolute Gasteiger partial charge is 0.325 e. The molecule has 0 atom stereocenters. The van der Waals surface area contributed by atoms with Gasteiger partial charge in [-0.15, -0.1) is 0 Å². The molecule has 1 N–H and O–H groups in total. The highest BCUT2D eigenvalue weighted by molar-refractivity contribution is 7.91. The maximum atomic E-state index is 12.4. The molecule has 27 heavy (non-hydrogen) atoms. The predicted octanol–water partition coefficient (Wildman–Crippen LogP) is 1.26. The molecule has 0 bridgehead atoms. The van der Waals surface area contributed by atoms with E-state index in [2.05, 4.69) is 5.32 Å². The van der Waals surface area contributed by atoms with Crippen LogP contribution < -0.4 is 5.32 Å². The van der Waals surface area contributed by atoms with Gasteiger partial charge in [0.05, 0.1) is 16.2 Å². The standard InChI is InChI=1S/C17H16N2O6S2/c1-2-26(22,23)13-9-7-12(8-10-13)18-16(20)11-19-17(21)14-5-3-4-6-15(14)27(19,24)25/h3-10H,2,11H2,1H3,(H,18,20). The Kier molecular flexibility index (Phi) is 4.79. The number of nitrogens with one attached hydrogen (secondary N) is 1. The first-order valence-corrected chi connectivity index (χ1v) is 11.0. The fourth-order valence-electron chi connectivity index (χ4n) is 2.63. The summed E-state index contributed by atoms with van der Waals surface area (Å²) in [5.41, 5.74) is 0.316. The molecule has 1 aliphatic rings. The van der Waals surface area contributed by atoms with Gasteiger partial charge in [-0.05, 0) is 36.4 Å². The van der Waals surface area contributed by atoms with E-state index in [1.54, 1.807) is 6.07 Å². The van der Waals surface area contributed by atoms with Crippen LogP contribution in [0.25, 0.3) is 0 Å². The lowest BCUT2D eigenvalue weighted by atomic mass is 10.2. The van der Waals surface area contributed by atoms with E-state index in [0.29, 0.717) is 4.31 Å². The van der Waals surface area contributed by atoms with Gasteiger partial charge in [0, 0.05) is 5.69 Å². The molecule has 1 aliphatic heterocycles. The first-order chi connectivity index (χ1) is 12.7. The Morgan fingerprint density at radius 2 is 1.70 bits per heavy atom. The Balaban J connectivity index is 1.75. The average molecular weight is 408 g/mol. The molecule has 8 nitrogen and oxygen atoms in total. The van der Waals surface area contributed by atoms with Crippen LogP contribution >= 0.6 is 0 Å². The van der Waals surface area contributed by atoms with Crippen molar-refractivity contribution < 1.29 is 26.4 Å². The smallest absolute Gasteiger partial charge is 0.269 e. The Morgan fingerprint density at radius 3 is 2.30 bits per heavy atom. The second-order valence-corrected chi connectivity index (χ2v) is 9.90. The van der Waals surface area contributed by atoms with E-state index in [1.165, 1.54) is 49.4 Å². The zero-order valence-electron chi connectivity index (χ0n) is 14.2. The Morgan fingerprint density at radius 1 is 1.07 bits per heavy atom. The van der Waals surface area contributed by atoms with Gasteiger partial charge >= 0.3 is 0 Å². The summed E-state index contributed by atoms with van der Waals surface area (Å²) in [5.74, 6) is -1.52. The Hall–Kier alpha value is -2.72. The molecule has 2 amide bonds. The second-order valence-electron chi connectivity index (χ2n) is 5.79. The normalized spacial score (nSPS) is 15.4. The average Bonchev–Trinajstić information content (AvgIpc) is 2.83. The van der Waals surface area contributed by atoms with E-state index in [0.717, 1.165) is 0 Å². The van der Waals surface area contributed by atoms with E-state index in [9.17, 15) is 26.4 Å². The summed E-state index contributed by atoms with van der Waals surface area (Å²) in [7, 11) is -7.43. The number of rotatable bonds is 5. The molecular weight excluding hydrogens is 392 g/mol. The highest BCUT2D eigenvalue weighted by atomic mass is 32.2. The van der Waals surface area contributed by atoms with E-state index >= 15 is 0 Å². The molecule has 2 aromatic rings. The Labute approximate surface area is 156 Å². The number of anilines is 1. The number of hydrogen-bond acceptors (Lipinski definition) is 6. The molecule has 0 saturated heterocycles. The molecule has 2 aromatic carbocycles. The fourth-order valence-corrected chi connectivity index (χ4v) is 5.04. The zero-order valence-corrected chi connectivity index (χ0v) is 15.9. The molecule has 142 valence electrons. The maximum Gasteiger partial charge on any atom is 0.269 e. The van der Waals surface area contributed by atoms with Crippen molar-refractivity contribution in [2.24, 2.45) is 0 Å². The summed E-state index contributed by atoms with van der Waals surface area (Å²) < 4.78 is 48.9. The molecule has 10 heteroatoms. The third-order valence-corrected chi connectivity index (χ3v) is 7.61. The van der Waals surface area contributed by atoms with Gasteiger partial charge in [-0.25, -0.2) is 21.1 Å². The van der Waals surface area contributed by atoms with Crippen molar-refractivity contribution in [3.05, 3.63) is 54.1 Å². The molecule has 0 unspecified atom stereocenters. The molecule has 0 aromatic heterocycles. The third kappa shape index (κ3) is 3.45. The van der Waals surface area contributed by atoms with Gasteiger partial charge in [-0.1, -0.05) is 19.1 Å². The molecule has 0 saturated carbocycles. The molecule has 3 rings (SSSR count). The van der Waals surface area contributed by atoms with E-state index in [4.69, 9.17) is 0 Å². The number of sulfonamides is 1. The van der Waals surface area contributed by atoms with Crippen molar-refractivity contribution in [2.75, 3.05) is 17.6 Å². The molecule has 1 heterocycles. The van der Waals surface area contributed by atoms with Crippen molar-refractivity contribution in [2.45, 2.75) is 16.7 Å². The van der Waals surface area contributed by atoms with Gasteiger partial charge in [0.25, 0.3) is 15.9 Å². The quantitative estimate of drug-likeness (QED) is 0.796. The maximum absolute atomic E-state index is 12.4. The van der Waals surface area contributed by atoms with Crippen LogP contribution in [-0.4, -0.2) is 45.3 Å². The lowest BCUT2D eigenvalue weighted by molar-refractivity contribution is -0.116. The first-order valence-electron chi connectivity index (χ1n) is 7.95. The highest BCUT2D eigenvalue weighted by Gasteiger charge is 2.41. The highest BCUT2D eigenvalue weighted by Crippen LogP contribution is 2.29. The summed E-state index contributed by atoms with van der Waals surface area (Å²) in [4.78, 5) is 24.5. The summed E-state index contributed by atoms with van der Waals surface area (Å²) in [6.07, 6.45) is 0. The van der Waals surface area contributed by atoms with Gasteiger partial charge < -0.3 is 5.32 Å². The van der Waals surface area contributed by atoms with Crippen LogP contribution in [0.3, 0.4) is 0 Å². The first kappa shape index (κ1) is 19.1. The zero-order chi connectivity index (χ0) is 19.8. The summed E-state index contributed by atoms with van der Waals surface area (Å²) >= 11 is 0. The number of hydrogen-bond donors (Lipinski definition) is 1. The van der Waals surface area contributed by atoms with Crippen LogP contribution in [0, 0.1) is 0 Å². The van der Waals surface area contributed by atoms with Crippen molar-refractivity contribution in [1.82, 2.24) is 4.31 Å². The van der Waals surface area contributed by atoms with E-state index < -0.39 is 38.2 Å². The Bertz CT molecular complexity index is 1120. The molecular formula is C17H16N2O6S2. The van der Waals surface area contributed by atoms with Crippen LogP contribution in [0.1, 0.15) is 17.3 Å². The molecule has 0 radical (unpaired) electrons. The number of amides is 2. The van der Waals surface area contributed by atoms with Gasteiger partial charge in [0.15, 0.2) is 9.84 Å². The molecule has 0 aliphatic carbocycles. The molecule has 0 spiro atoms. The van der Waals surface area contributed by atoms with Crippen LogP contribution in [-0.2, 0) is 24.7 Å². The van der Waals surface area contributed by atoms with Gasteiger partial charge in [0.2, 0.25) is 5.91 Å². The number of sulfone groups is 1. The minimum absolute atomic E-state index is 0.0272. The van der Waals surface area contributed by atoms with Crippen LogP contribution in [0.5, 0.6) is 0 Å². The minimum Gasteiger partial charge on any atom is -0.325 e. The van der Waals surface area contributed by atoms with Crippen molar-refractivity contribution >= 4 is 37.4 Å². The van der Waals surface area contributed by atoms with Crippen molar-refractivity contribution in [3.8, 4) is 0 Å². The number of fused-ring (bicyclic) bond motifs is 1. The monoisotopic (exact) mass is 408 g/mol. The van der Waals surface area contributed by atoms with Crippen LogP contribution in [0.4, 0.5) is 5.69 Å². The number of benzene rings is 2. The number of carbonyl (C=O) groups is 2. The van der Waals surface area contributed by atoms with Gasteiger partial charge in [0.1, 0.15) is 11.4 Å². The lowest BCUT2D eigenvalue weighted by Crippen LogP contribution is -2.37. The van der Waals surface area contributed by atoms with Crippen LogP contribution in [0.2, 0.25) is 0 Å². The van der Waals surface area contributed by atoms with Crippen LogP contribution in [0.15, 0.2) is 58.3 Å². The summed E-state index contributed by atoms with van der Waals surface area (Å²) in [6.45, 7) is 0.849. The number of carbonyl (C=O) groups excluding carboxylic acids is 2. The van der Waals surface area contributed by atoms with Gasteiger partial charge in [-0.3, -0.25) is 9.59 Å². The SMILES string of the molecule is CCS(=O)(=O)c1ccc(NC(=O)CN2C(=O)c3ccccc3S2(=O)=O)cc1. The predicted molar refractivity (Wildman–Crippen MR) is 97.5 cm³/mol. The number of nitrogens with zero attached hydrogens (tertiary/aromatic N) is 1. The summed E-state index contributed by atoms with van der Waals surface area (Å²) in [6, 6.07) is 11.2. The summed E-state index contributed by atoms with van der Waals surface area (Å²) in [5, 5.41) is 2.46. The van der Waals surface area contributed by atoms with E-state index in [-0.39, 0.29) is 26.8 Å². The van der Waals surface area contributed by atoms with E-state index in [1.807, 2.05) is 0 Å². The third-order valence-electron chi connectivity index (χ3n) is 4.08. The minimum atomic E-state index is -4.07. The topological polar surface area (TPSA) is 118 Å². The van der Waals surface area contributed by atoms with Gasteiger partial charge in [-0.2, -0.15) is 0 Å². The van der Waals surface area contributed by atoms with Crippen molar-refractivity contribution in [1.29, 1.82) is 0 Å². The fraction of sp³-hybridized carbons (Fsp3) is 0.176. The lowest BCUT2D eigenvalue weighted by Gasteiger charge is -2.15. The second kappa shape index (κ2) is 6.78. The molecule has 0 fully saturated rings.